The minimum atomic E-state index is -0.536. The molecule has 4 heterocycles. The number of fused-ring (bicyclic) bond motifs is 1. The molecule has 1 unspecified atom stereocenters. The predicted molar refractivity (Wildman–Crippen MR) is 319 cm³/mol. The van der Waals surface area contributed by atoms with Gasteiger partial charge < -0.3 is 14.5 Å². The van der Waals surface area contributed by atoms with E-state index in [0.29, 0.717) is 6.67 Å². The van der Waals surface area contributed by atoms with Gasteiger partial charge in [0.2, 0.25) is 0 Å². The Bertz CT molecular complexity index is 3680. The normalized spacial score (nSPS) is 13.8. The lowest BCUT2D eigenvalue weighted by Gasteiger charge is -2.31. The molecule has 376 valence electrons. The monoisotopic (exact) mass is 993 g/mol. The van der Waals surface area contributed by atoms with Gasteiger partial charge in [0.05, 0.1) is 28.1 Å². The van der Waals surface area contributed by atoms with E-state index in [1.165, 1.54) is 101 Å². The molecule has 74 heavy (non-hydrogen) atoms. The molecule has 5 nitrogen and oxygen atoms in total. The van der Waals surface area contributed by atoms with E-state index in [9.17, 15) is 0 Å². The van der Waals surface area contributed by atoms with E-state index in [-0.39, 0.29) is 21.7 Å². The van der Waals surface area contributed by atoms with Crippen LogP contribution < -0.4 is 14.5 Å². The SMILES string of the molecule is CCCCp1c2cccc3c2c2c(cc(Oc4cccc(N5CN(c6c(-c7ccccc7)cc(C(C)(C)C)cc6-c6cc(C(C)(C)C)cc(C(C)(C)C)c6)c6ccccc65)c4)cc21)n3-c1cc(C(C)(C)C)ccn1. The molecule has 0 saturated heterocycles. The summed E-state index contributed by atoms with van der Waals surface area (Å²) in [5.41, 5.74) is 17.0. The Kier molecular flexibility index (Phi) is 12.2. The van der Waals surface area contributed by atoms with Crippen LogP contribution in [0.4, 0.5) is 22.7 Å². The highest BCUT2D eigenvalue weighted by molar-refractivity contribution is 7.60. The number of unbranched alkanes of at least 4 members (excludes halogenated alkanes) is 1. The van der Waals surface area contributed by atoms with Crippen LogP contribution >= 0.6 is 7.53 Å². The fourth-order valence-electron chi connectivity index (χ4n) is 11.1. The number of aryl methyl sites for hydroxylation is 1. The zero-order valence-corrected chi connectivity index (χ0v) is 46.9. The van der Waals surface area contributed by atoms with Crippen LogP contribution in [-0.2, 0) is 27.8 Å². The van der Waals surface area contributed by atoms with Crippen molar-refractivity contribution in [3.8, 4) is 39.6 Å². The van der Waals surface area contributed by atoms with Gasteiger partial charge in [0.15, 0.2) is 0 Å². The molecule has 0 spiro atoms. The highest BCUT2D eigenvalue weighted by Crippen LogP contribution is 2.57. The Morgan fingerprint density at radius 1 is 0.500 bits per heavy atom. The molecule has 0 radical (unpaired) electrons. The van der Waals surface area contributed by atoms with E-state index in [4.69, 9.17) is 9.72 Å². The smallest absolute Gasteiger partial charge is 0.137 e. The van der Waals surface area contributed by atoms with Crippen LogP contribution in [0.2, 0.25) is 0 Å². The fourth-order valence-corrected chi connectivity index (χ4v) is 14.0. The molecule has 1 atom stereocenters. The van der Waals surface area contributed by atoms with E-state index in [1.807, 2.05) is 6.20 Å². The minimum Gasteiger partial charge on any atom is -0.457 e. The standard InChI is InChI=1S/C68H73N4OP/c1-14-15-33-74-59-30-22-29-57-62(59)63-58(72(57)61-39-46(31-32-69-61)65(2,3)4)41-52(42-60(63)74)73-51-26-21-25-50(40-51)70-43-71(56-28-20-19-27-55(56)70)64-53(44-23-17-16-18-24-44)37-49(68(11,12)13)38-54(64)45-34-47(66(5,6)7)36-48(35-45)67(8,9)10/h16-32,34-42H,14-15,33,43H2,1-13H3. The number of benzene rings is 7. The summed E-state index contributed by atoms with van der Waals surface area (Å²) in [5.74, 6) is 2.61. The molecule has 1 aliphatic rings. The van der Waals surface area contributed by atoms with Crippen LogP contribution in [0.25, 0.3) is 60.1 Å². The van der Waals surface area contributed by atoms with Gasteiger partial charge in [0.1, 0.15) is 24.0 Å². The maximum Gasteiger partial charge on any atom is 0.137 e. The van der Waals surface area contributed by atoms with E-state index >= 15 is 0 Å². The molecule has 10 aromatic rings. The van der Waals surface area contributed by atoms with Gasteiger partial charge in [-0.3, -0.25) is 4.57 Å². The third kappa shape index (κ3) is 8.85. The molecule has 11 rings (SSSR count). The van der Waals surface area contributed by atoms with Gasteiger partial charge >= 0.3 is 0 Å². The van der Waals surface area contributed by atoms with Crippen molar-refractivity contribution in [3.63, 3.8) is 0 Å². The summed E-state index contributed by atoms with van der Waals surface area (Å²) in [7, 11) is -0.536. The number of anilines is 4. The summed E-state index contributed by atoms with van der Waals surface area (Å²) >= 11 is 0. The van der Waals surface area contributed by atoms with Crippen LogP contribution in [0, 0.1) is 0 Å². The summed E-state index contributed by atoms with van der Waals surface area (Å²) < 4.78 is 9.53. The predicted octanol–water partition coefficient (Wildman–Crippen LogP) is 20.1. The maximum atomic E-state index is 7.14. The lowest BCUT2D eigenvalue weighted by atomic mass is 9.77. The highest BCUT2D eigenvalue weighted by atomic mass is 31.1. The second-order valence-corrected chi connectivity index (χ2v) is 27.2. The number of rotatable bonds is 10. The average Bonchev–Trinajstić information content (AvgIpc) is 4.05. The van der Waals surface area contributed by atoms with Crippen molar-refractivity contribution < 1.29 is 4.74 Å². The van der Waals surface area contributed by atoms with Gasteiger partial charge in [-0.25, -0.2) is 4.98 Å². The van der Waals surface area contributed by atoms with Gasteiger partial charge in [0.25, 0.3) is 0 Å². The van der Waals surface area contributed by atoms with Gasteiger partial charge in [-0.15, -0.1) is 7.53 Å². The molecule has 0 fully saturated rings. The number of ether oxygens (including phenoxy) is 1. The Labute approximate surface area is 441 Å². The Hall–Kier alpha value is -6.81. The van der Waals surface area contributed by atoms with Gasteiger partial charge in [-0.2, -0.15) is 0 Å². The van der Waals surface area contributed by atoms with Crippen molar-refractivity contribution >= 4 is 62.3 Å². The molecule has 0 bridgehead atoms. The summed E-state index contributed by atoms with van der Waals surface area (Å²) in [4.78, 5) is 10.1. The van der Waals surface area contributed by atoms with E-state index in [1.54, 1.807) is 0 Å². The molecule has 0 aliphatic carbocycles. The number of hydrogen-bond acceptors (Lipinski definition) is 4. The quantitative estimate of drug-likeness (QED) is 0.137. The first-order valence-electron chi connectivity index (χ1n) is 26.9. The fraction of sp³-hybridized carbons (Fsp3) is 0.309. The van der Waals surface area contributed by atoms with Crippen molar-refractivity contribution in [2.24, 2.45) is 0 Å². The Balaban J connectivity index is 1.05. The van der Waals surface area contributed by atoms with Crippen LogP contribution in [0.1, 0.15) is 125 Å². The first-order chi connectivity index (χ1) is 35.2. The summed E-state index contributed by atoms with van der Waals surface area (Å²) in [6.45, 7) is 30.8. The Morgan fingerprint density at radius 3 is 1.77 bits per heavy atom. The highest BCUT2D eigenvalue weighted by Gasteiger charge is 2.34. The van der Waals surface area contributed by atoms with Gasteiger partial charge in [0, 0.05) is 56.2 Å². The number of para-hydroxylation sites is 2. The number of hydrogen-bond donors (Lipinski definition) is 0. The third-order valence-electron chi connectivity index (χ3n) is 15.4. The average molecular weight is 993 g/mol. The lowest BCUT2D eigenvalue weighted by Crippen LogP contribution is -2.25. The first-order valence-corrected chi connectivity index (χ1v) is 28.4. The topological polar surface area (TPSA) is 33.5 Å². The van der Waals surface area contributed by atoms with Gasteiger partial charge in [-0.1, -0.05) is 175 Å². The van der Waals surface area contributed by atoms with Crippen molar-refractivity contribution in [3.05, 3.63) is 180 Å². The molecule has 0 N–H and O–H groups in total. The van der Waals surface area contributed by atoms with E-state index < -0.39 is 7.53 Å². The van der Waals surface area contributed by atoms with Crippen LogP contribution in [-0.4, -0.2) is 16.2 Å². The molecule has 7 aromatic carbocycles. The minimum absolute atomic E-state index is 0.0119. The van der Waals surface area contributed by atoms with Crippen LogP contribution in [0.3, 0.4) is 0 Å². The zero-order valence-electron chi connectivity index (χ0n) is 46.0. The van der Waals surface area contributed by atoms with Crippen molar-refractivity contribution in [1.29, 1.82) is 0 Å². The van der Waals surface area contributed by atoms with Crippen molar-refractivity contribution in [1.82, 2.24) is 9.55 Å². The van der Waals surface area contributed by atoms with Crippen LogP contribution in [0.15, 0.2) is 158 Å². The number of aromatic nitrogens is 2. The third-order valence-corrected chi connectivity index (χ3v) is 18.0. The van der Waals surface area contributed by atoms with Crippen LogP contribution in [0.5, 0.6) is 11.5 Å². The summed E-state index contributed by atoms with van der Waals surface area (Å²) in [6, 6.07) is 57.0. The zero-order chi connectivity index (χ0) is 52.1. The van der Waals surface area contributed by atoms with Crippen molar-refractivity contribution in [2.75, 3.05) is 16.5 Å². The van der Waals surface area contributed by atoms with Gasteiger partial charge in [-0.05, 0) is 128 Å². The summed E-state index contributed by atoms with van der Waals surface area (Å²) in [6.07, 6.45) is 5.51. The largest absolute Gasteiger partial charge is 0.457 e. The second kappa shape index (κ2) is 18.2. The molecule has 3 aromatic heterocycles. The molecular formula is C68H73N4OP. The number of pyridine rings is 1. The molecule has 1 aliphatic heterocycles. The molecule has 6 heteroatoms. The first kappa shape index (κ1) is 49.4. The molecular weight excluding hydrogens is 920 g/mol. The Morgan fingerprint density at radius 2 is 1.11 bits per heavy atom. The summed E-state index contributed by atoms with van der Waals surface area (Å²) in [5, 5.41) is 5.65. The van der Waals surface area contributed by atoms with E-state index in [0.717, 1.165) is 34.2 Å². The molecule has 0 amide bonds. The lowest BCUT2D eigenvalue weighted by molar-refractivity contribution is 0.484. The maximum absolute atomic E-state index is 7.14. The second-order valence-electron chi connectivity index (χ2n) is 24.9. The van der Waals surface area contributed by atoms with E-state index in [2.05, 4.69) is 256 Å². The number of nitrogens with zero attached hydrogens (tertiary/aromatic N) is 4. The molecule has 0 saturated carbocycles. The van der Waals surface area contributed by atoms with Crippen molar-refractivity contribution in [2.45, 2.75) is 131 Å².